The molecule has 124 valence electrons. The predicted molar refractivity (Wildman–Crippen MR) is 77.5 cm³/mol. The Morgan fingerprint density at radius 3 is 2.62 bits per heavy atom. The summed E-state index contributed by atoms with van der Waals surface area (Å²) in [6, 6.07) is 6.58. The Bertz CT molecular complexity index is 871. The Morgan fingerprint density at radius 2 is 1.96 bits per heavy atom. The average molecular weight is 335 g/mol. The molecule has 4 rings (SSSR count). The molecule has 3 aromatic rings. The summed E-state index contributed by atoms with van der Waals surface area (Å²) in [5, 5.41) is 12.8. The molecule has 3 heterocycles. The van der Waals surface area contributed by atoms with E-state index in [0.29, 0.717) is 22.8 Å². The van der Waals surface area contributed by atoms with Gasteiger partial charge in [0.2, 0.25) is 5.88 Å². The summed E-state index contributed by atoms with van der Waals surface area (Å²) in [6.45, 7) is -1.37. The van der Waals surface area contributed by atoms with Gasteiger partial charge >= 0.3 is 6.18 Å². The van der Waals surface area contributed by atoms with Crippen molar-refractivity contribution in [1.82, 2.24) is 24.8 Å². The molecule has 0 N–H and O–H groups in total. The normalized spacial score (nSPS) is 15.0. The zero-order chi connectivity index (χ0) is 16.7. The first-order valence-electron chi connectivity index (χ1n) is 7.38. The highest BCUT2D eigenvalue weighted by atomic mass is 19.4. The van der Waals surface area contributed by atoms with Crippen molar-refractivity contribution in [1.29, 1.82) is 0 Å². The molecule has 0 aliphatic heterocycles. The maximum absolute atomic E-state index is 12.1. The van der Waals surface area contributed by atoms with Crippen LogP contribution in [0.4, 0.5) is 13.2 Å². The van der Waals surface area contributed by atoms with Crippen molar-refractivity contribution in [3.05, 3.63) is 36.3 Å². The van der Waals surface area contributed by atoms with Gasteiger partial charge in [-0.05, 0) is 31.0 Å². The van der Waals surface area contributed by atoms with Crippen molar-refractivity contribution >= 4 is 5.65 Å². The molecule has 0 aromatic carbocycles. The van der Waals surface area contributed by atoms with Gasteiger partial charge < -0.3 is 4.74 Å². The van der Waals surface area contributed by atoms with Gasteiger partial charge in [-0.25, -0.2) is 4.98 Å². The molecular weight excluding hydrogens is 323 g/mol. The van der Waals surface area contributed by atoms with Crippen molar-refractivity contribution < 1.29 is 17.9 Å². The summed E-state index contributed by atoms with van der Waals surface area (Å²) in [4.78, 5) is 3.89. The monoisotopic (exact) mass is 335 g/mol. The molecule has 9 heteroatoms. The third kappa shape index (κ3) is 3.01. The maximum atomic E-state index is 12.1. The van der Waals surface area contributed by atoms with Crippen molar-refractivity contribution in [3.63, 3.8) is 0 Å². The topological polar surface area (TPSA) is 65.2 Å². The lowest BCUT2D eigenvalue weighted by Crippen LogP contribution is -2.19. The molecule has 0 bridgehead atoms. The third-order valence-electron chi connectivity index (χ3n) is 3.65. The number of fused-ring (bicyclic) bond motifs is 1. The summed E-state index contributed by atoms with van der Waals surface area (Å²) < 4.78 is 42.7. The van der Waals surface area contributed by atoms with Crippen molar-refractivity contribution in [2.24, 2.45) is 0 Å². The van der Waals surface area contributed by atoms with Gasteiger partial charge in [-0.3, -0.25) is 0 Å². The molecular formula is C15H12F3N5O. The standard InChI is InChI=1S/C15H12F3N5O/c16-15(17,18)8-24-13-6-3-10(7-19-13)11-4-5-12-20-21-14(9-1-2-9)23(12)22-11/h3-7,9H,1-2,8H2. The summed E-state index contributed by atoms with van der Waals surface area (Å²) in [5.41, 5.74) is 1.98. The van der Waals surface area contributed by atoms with E-state index in [1.54, 1.807) is 22.7 Å². The van der Waals surface area contributed by atoms with E-state index >= 15 is 0 Å². The van der Waals surface area contributed by atoms with E-state index in [2.05, 4.69) is 25.0 Å². The van der Waals surface area contributed by atoms with Gasteiger partial charge in [0.15, 0.2) is 18.1 Å². The fourth-order valence-corrected chi connectivity index (χ4v) is 2.33. The first kappa shape index (κ1) is 14.9. The number of pyridine rings is 1. The molecule has 1 saturated carbocycles. The minimum atomic E-state index is -4.39. The fourth-order valence-electron chi connectivity index (χ4n) is 2.33. The average Bonchev–Trinajstić information content (AvgIpc) is 3.32. The van der Waals surface area contributed by atoms with Gasteiger partial charge in [-0.2, -0.15) is 22.8 Å². The van der Waals surface area contributed by atoms with Gasteiger partial charge in [0.1, 0.15) is 0 Å². The maximum Gasteiger partial charge on any atom is 0.422 e. The third-order valence-corrected chi connectivity index (χ3v) is 3.65. The Kier molecular flexibility index (Phi) is 3.36. The highest BCUT2D eigenvalue weighted by Crippen LogP contribution is 2.38. The van der Waals surface area contributed by atoms with Crippen LogP contribution in [-0.4, -0.2) is 37.6 Å². The molecule has 6 nitrogen and oxygen atoms in total. The van der Waals surface area contributed by atoms with Gasteiger partial charge in [0.05, 0.1) is 5.69 Å². The number of rotatable bonds is 4. The van der Waals surface area contributed by atoms with Crippen LogP contribution in [0.1, 0.15) is 24.6 Å². The van der Waals surface area contributed by atoms with Crippen LogP contribution >= 0.6 is 0 Å². The van der Waals surface area contributed by atoms with E-state index in [4.69, 9.17) is 0 Å². The Morgan fingerprint density at radius 1 is 1.12 bits per heavy atom. The van der Waals surface area contributed by atoms with Crippen molar-refractivity contribution in [2.45, 2.75) is 24.9 Å². The van der Waals surface area contributed by atoms with E-state index in [0.717, 1.165) is 18.7 Å². The number of hydrogen-bond acceptors (Lipinski definition) is 5. The largest absolute Gasteiger partial charge is 0.468 e. The van der Waals surface area contributed by atoms with E-state index in [1.165, 1.54) is 12.3 Å². The van der Waals surface area contributed by atoms with Crippen LogP contribution in [0.5, 0.6) is 5.88 Å². The first-order chi connectivity index (χ1) is 11.5. The highest BCUT2D eigenvalue weighted by molar-refractivity contribution is 5.59. The van der Waals surface area contributed by atoms with Gasteiger partial charge in [-0.15, -0.1) is 10.2 Å². The summed E-state index contributed by atoms with van der Waals surface area (Å²) in [7, 11) is 0. The summed E-state index contributed by atoms with van der Waals surface area (Å²) in [6.07, 6.45) is -0.791. The van der Waals surface area contributed by atoms with Crippen LogP contribution in [0.2, 0.25) is 0 Å². The highest BCUT2D eigenvalue weighted by Gasteiger charge is 2.29. The molecule has 0 spiro atoms. The van der Waals surface area contributed by atoms with E-state index in [-0.39, 0.29) is 5.88 Å². The van der Waals surface area contributed by atoms with Crippen LogP contribution in [0.3, 0.4) is 0 Å². The Hall–Kier alpha value is -2.71. The Balaban J connectivity index is 1.59. The fraction of sp³-hybridized carbons (Fsp3) is 0.333. The van der Waals surface area contributed by atoms with Gasteiger partial charge in [0.25, 0.3) is 0 Å². The zero-order valence-corrected chi connectivity index (χ0v) is 12.4. The SMILES string of the molecule is FC(F)(F)COc1ccc(-c2ccc3nnc(C4CC4)n3n2)cn1. The number of nitrogens with zero attached hydrogens (tertiary/aromatic N) is 5. The number of halogens is 3. The summed E-state index contributed by atoms with van der Waals surface area (Å²) >= 11 is 0. The van der Waals surface area contributed by atoms with Crippen molar-refractivity contribution in [3.8, 4) is 17.1 Å². The smallest absolute Gasteiger partial charge is 0.422 e. The summed E-state index contributed by atoms with van der Waals surface area (Å²) in [5.74, 6) is 1.16. The molecule has 1 aliphatic rings. The van der Waals surface area contributed by atoms with Crippen LogP contribution < -0.4 is 4.74 Å². The number of aromatic nitrogens is 5. The molecule has 0 unspecified atom stereocenters. The van der Waals surface area contributed by atoms with Crippen LogP contribution in [-0.2, 0) is 0 Å². The van der Waals surface area contributed by atoms with Crippen molar-refractivity contribution in [2.75, 3.05) is 6.61 Å². The molecule has 0 radical (unpaired) electrons. The second-order valence-electron chi connectivity index (χ2n) is 5.61. The van der Waals surface area contributed by atoms with E-state index in [9.17, 15) is 13.2 Å². The minimum absolute atomic E-state index is 0.0832. The quantitative estimate of drug-likeness (QED) is 0.733. The zero-order valence-electron chi connectivity index (χ0n) is 12.4. The Labute approximate surface area is 134 Å². The molecule has 24 heavy (non-hydrogen) atoms. The number of ether oxygens (including phenoxy) is 1. The lowest BCUT2D eigenvalue weighted by atomic mass is 10.2. The van der Waals surface area contributed by atoms with Crippen LogP contribution in [0.15, 0.2) is 30.5 Å². The minimum Gasteiger partial charge on any atom is -0.468 e. The molecule has 1 aliphatic carbocycles. The number of alkyl halides is 3. The molecule has 0 atom stereocenters. The van der Waals surface area contributed by atoms with Crippen LogP contribution in [0.25, 0.3) is 16.9 Å². The van der Waals surface area contributed by atoms with Crippen LogP contribution in [0, 0.1) is 0 Å². The van der Waals surface area contributed by atoms with E-state index < -0.39 is 12.8 Å². The lowest BCUT2D eigenvalue weighted by Gasteiger charge is -2.08. The number of hydrogen-bond donors (Lipinski definition) is 0. The van der Waals surface area contributed by atoms with Gasteiger partial charge in [0, 0.05) is 23.7 Å². The second kappa shape index (κ2) is 5.43. The molecule has 0 saturated heterocycles. The second-order valence-corrected chi connectivity index (χ2v) is 5.61. The first-order valence-corrected chi connectivity index (χ1v) is 7.38. The molecule has 1 fully saturated rings. The van der Waals surface area contributed by atoms with E-state index in [1.807, 2.05) is 0 Å². The predicted octanol–water partition coefficient (Wildman–Crippen LogP) is 3.00. The molecule has 0 amide bonds. The lowest BCUT2D eigenvalue weighted by molar-refractivity contribution is -0.154. The van der Waals surface area contributed by atoms with Gasteiger partial charge in [-0.1, -0.05) is 0 Å². The molecule has 3 aromatic heterocycles.